The summed E-state index contributed by atoms with van der Waals surface area (Å²) in [4.78, 5) is 10.3. The highest BCUT2D eigenvalue weighted by Gasteiger charge is 1.97. The lowest BCUT2D eigenvalue weighted by molar-refractivity contribution is -0.136. The lowest BCUT2D eigenvalue weighted by Crippen LogP contribution is -1.96. The molecule has 0 radical (unpaired) electrons. The van der Waals surface area contributed by atoms with Gasteiger partial charge in [0.15, 0.2) is 0 Å². The number of carbonyl (C=O) groups is 1. The molecule has 0 bridgehead atoms. The van der Waals surface area contributed by atoms with Crippen molar-refractivity contribution in [1.82, 2.24) is 0 Å². The minimum atomic E-state index is -0.785. The first kappa shape index (κ1) is 13.9. The van der Waals surface area contributed by atoms with Crippen molar-refractivity contribution in [2.24, 2.45) is 0 Å². The Balaban J connectivity index is 2.20. The number of halogens is 1. The van der Waals surface area contributed by atoms with Gasteiger partial charge in [0.25, 0.3) is 0 Å². The fraction of sp³-hybridized carbons (Fsp3) is 0.308. The van der Waals surface area contributed by atoms with Gasteiger partial charge in [-0.15, -0.1) is 0 Å². The SMILES string of the molecule is O=C(O)CC/C=C(\Br)COCc1ccccc1. The van der Waals surface area contributed by atoms with E-state index in [9.17, 15) is 4.79 Å². The highest BCUT2D eigenvalue weighted by Crippen LogP contribution is 2.09. The summed E-state index contributed by atoms with van der Waals surface area (Å²) in [5.74, 6) is -0.785. The maximum Gasteiger partial charge on any atom is 0.303 e. The Bertz CT molecular complexity index is 374. The lowest BCUT2D eigenvalue weighted by Gasteiger charge is -2.03. The van der Waals surface area contributed by atoms with Gasteiger partial charge in [-0.3, -0.25) is 4.79 Å². The summed E-state index contributed by atoms with van der Waals surface area (Å²) in [6.07, 6.45) is 2.50. The van der Waals surface area contributed by atoms with Gasteiger partial charge in [-0.1, -0.05) is 52.3 Å². The molecule has 17 heavy (non-hydrogen) atoms. The summed E-state index contributed by atoms with van der Waals surface area (Å²) in [5, 5.41) is 8.48. The van der Waals surface area contributed by atoms with Gasteiger partial charge in [-0.2, -0.15) is 0 Å². The van der Waals surface area contributed by atoms with Crippen LogP contribution in [0.25, 0.3) is 0 Å². The molecule has 0 saturated heterocycles. The fourth-order valence-electron chi connectivity index (χ4n) is 1.25. The van der Waals surface area contributed by atoms with Crippen LogP contribution in [0.4, 0.5) is 0 Å². The third-order valence-electron chi connectivity index (χ3n) is 2.08. The number of aliphatic carboxylic acids is 1. The zero-order valence-electron chi connectivity index (χ0n) is 9.43. The van der Waals surface area contributed by atoms with Crippen LogP contribution in [0.3, 0.4) is 0 Å². The van der Waals surface area contributed by atoms with Gasteiger partial charge in [0, 0.05) is 10.9 Å². The van der Waals surface area contributed by atoms with Gasteiger partial charge in [0.05, 0.1) is 13.2 Å². The molecule has 0 saturated carbocycles. The van der Waals surface area contributed by atoms with Crippen molar-refractivity contribution in [3.63, 3.8) is 0 Å². The Labute approximate surface area is 109 Å². The van der Waals surface area contributed by atoms with Crippen LogP contribution in [0, 0.1) is 0 Å². The van der Waals surface area contributed by atoms with Crippen molar-refractivity contribution in [3.8, 4) is 0 Å². The molecule has 1 aromatic carbocycles. The average Bonchev–Trinajstić information content (AvgIpc) is 2.30. The van der Waals surface area contributed by atoms with Gasteiger partial charge in [0.1, 0.15) is 0 Å². The number of benzene rings is 1. The molecule has 0 aliphatic heterocycles. The first-order valence-electron chi connectivity index (χ1n) is 5.36. The molecule has 0 aromatic heterocycles. The van der Waals surface area contributed by atoms with Gasteiger partial charge in [-0.05, 0) is 12.0 Å². The number of carboxylic acid groups (broad SMARTS) is 1. The second-order valence-corrected chi connectivity index (χ2v) is 4.58. The molecule has 1 aromatic rings. The number of carboxylic acids is 1. The molecule has 0 heterocycles. The first-order chi connectivity index (χ1) is 8.18. The highest BCUT2D eigenvalue weighted by atomic mass is 79.9. The number of hydrogen-bond acceptors (Lipinski definition) is 2. The summed E-state index contributed by atoms with van der Waals surface area (Å²) < 4.78 is 6.36. The molecule has 0 aliphatic rings. The molecule has 0 fully saturated rings. The summed E-state index contributed by atoms with van der Waals surface area (Å²) in [7, 11) is 0. The highest BCUT2D eigenvalue weighted by molar-refractivity contribution is 9.11. The minimum Gasteiger partial charge on any atom is -0.481 e. The molecule has 0 atom stereocenters. The predicted octanol–water partition coefficient (Wildman–Crippen LogP) is 3.35. The summed E-state index contributed by atoms with van der Waals surface area (Å²) >= 11 is 3.34. The normalized spacial score (nSPS) is 11.5. The zero-order chi connectivity index (χ0) is 12.5. The Kier molecular flexibility index (Phi) is 6.58. The van der Waals surface area contributed by atoms with Crippen molar-refractivity contribution in [1.29, 1.82) is 0 Å². The third-order valence-corrected chi connectivity index (χ3v) is 2.63. The Morgan fingerprint density at radius 1 is 1.35 bits per heavy atom. The van der Waals surface area contributed by atoms with E-state index in [-0.39, 0.29) is 6.42 Å². The van der Waals surface area contributed by atoms with Crippen LogP contribution >= 0.6 is 15.9 Å². The van der Waals surface area contributed by atoms with Crippen molar-refractivity contribution in [3.05, 3.63) is 46.5 Å². The van der Waals surface area contributed by atoms with Crippen LogP contribution < -0.4 is 0 Å². The second-order valence-electron chi connectivity index (χ2n) is 3.56. The molecule has 0 unspecified atom stereocenters. The van der Waals surface area contributed by atoms with Crippen molar-refractivity contribution in [2.75, 3.05) is 6.61 Å². The van der Waals surface area contributed by atoms with Crippen molar-refractivity contribution >= 4 is 21.9 Å². The molecule has 0 spiro atoms. The molecule has 3 nitrogen and oxygen atoms in total. The van der Waals surface area contributed by atoms with Crippen LogP contribution in [0.1, 0.15) is 18.4 Å². The summed E-state index contributed by atoms with van der Waals surface area (Å²) in [5.41, 5.74) is 1.12. The molecule has 0 amide bonds. The van der Waals surface area contributed by atoms with Crippen LogP contribution in [0.2, 0.25) is 0 Å². The maximum atomic E-state index is 10.3. The Morgan fingerprint density at radius 3 is 2.71 bits per heavy atom. The lowest BCUT2D eigenvalue weighted by atomic mass is 10.2. The number of ether oxygens (including phenoxy) is 1. The Hall–Kier alpha value is -1.13. The minimum absolute atomic E-state index is 0.147. The van der Waals surface area contributed by atoms with Crippen LogP contribution in [0.5, 0.6) is 0 Å². The van der Waals surface area contributed by atoms with Gasteiger partial charge in [-0.25, -0.2) is 0 Å². The average molecular weight is 299 g/mol. The van der Waals surface area contributed by atoms with Gasteiger partial charge < -0.3 is 9.84 Å². The van der Waals surface area contributed by atoms with Crippen molar-refractivity contribution in [2.45, 2.75) is 19.4 Å². The molecule has 92 valence electrons. The van der Waals surface area contributed by atoms with Gasteiger partial charge in [0.2, 0.25) is 0 Å². The van der Waals surface area contributed by atoms with E-state index in [1.54, 1.807) is 0 Å². The molecular weight excluding hydrogens is 284 g/mol. The van der Waals surface area contributed by atoms with Crippen LogP contribution in [-0.2, 0) is 16.1 Å². The quantitative estimate of drug-likeness (QED) is 0.840. The first-order valence-corrected chi connectivity index (χ1v) is 6.16. The van der Waals surface area contributed by atoms with E-state index in [1.165, 1.54) is 0 Å². The van der Waals surface area contributed by atoms with E-state index in [0.717, 1.165) is 10.0 Å². The molecule has 1 N–H and O–H groups in total. The van der Waals surface area contributed by atoms with E-state index < -0.39 is 5.97 Å². The van der Waals surface area contributed by atoms with Crippen LogP contribution in [-0.4, -0.2) is 17.7 Å². The Morgan fingerprint density at radius 2 is 2.06 bits per heavy atom. The standard InChI is InChI=1S/C13H15BrO3/c14-12(7-4-8-13(15)16)10-17-9-11-5-2-1-3-6-11/h1-3,5-7H,4,8-10H2,(H,15,16)/b12-7-. The zero-order valence-corrected chi connectivity index (χ0v) is 11.0. The molecular formula is C13H15BrO3. The predicted molar refractivity (Wildman–Crippen MR) is 70.0 cm³/mol. The maximum absolute atomic E-state index is 10.3. The van der Waals surface area contributed by atoms with Crippen molar-refractivity contribution < 1.29 is 14.6 Å². The largest absolute Gasteiger partial charge is 0.481 e. The van der Waals surface area contributed by atoms with E-state index in [1.807, 2.05) is 36.4 Å². The number of rotatable bonds is 7. The summed E-state index contributed by atoms with van der Waals surface area (Å²) in [6.45, 7) is 1.03. The smallest absolute Gasteiger partial charge is 0.303 e. The monoisotopic (exact) mass is 298 g/mol. The molecule has 1 rings (SSSR count). The van der Waals surface area contributed by atoms with E-state index >= 15 is 0 Å². The topological polar surface area (TPSA) is 46.5 Å². The van der Waals surface area contributed by atoms with Crippen LogP contribution in [0.15, 0.2) is 40.9 Å². The number of allylic oxidation sites excluding steroid dienone is 1. The summed E-state index contributed by atoms with van der Waals surface area (Å²) in [6, 6.07) is 9.90. The van der Waals surface area contributed by atoms with E-state index in [4.69, 9.17) is 9.84 Å². The third kappa shape index (κ3) is 6.92. The van der Waals surface area contributed by atoms with Gasteiger partial charge >= 0.3 is 5.97 Å². The molecule has 0 aliphatic carbocycles. The van der Waals surface area contributed by atoms with E-state index in [0.29, 0.717) is 19.6 Å². The van der Waals surface area contributed by atoms with E-state index in [2.05, 4.69) is 15.9 Å². The number of hydrogen-bond donors (Lipinski definition) is 1. The second kappa shape index (κ2) is 8.03. The molecule has 4 heteroatoms. The fourth-order valence-corrected chi connectivity index (χ4v) is 1.64.